The van der Waals surface area contributed by atoms with Gasteiger partial charge >= 0.3 is 0 Å². The Hall–Kier alpha value is -1.61. The summed E-state index contributed by atoms with van der Waals surface area (Å²) >= 11 is 0. The van der Waals surface area contributed by atoms with Crippen molar-refractivity contribution in [3.8, 4) is 0 Å². The second kappa shape index (κ2) is 11.5. The number of guanidine groups is 1. The fourth-order valence-corrected chi connectivity index (χ4v) is 3.54. The third-order valence-corrected chi connectivity index (χ3v) is 5.25. The van der Waals surface area contributed by atoms with Crippen LogP contribution in [0.15, 0.2) is 41.7 Å². The fraction of sp³-hybridized carbons (Fsp3) is 0.545. The van der Waals surface area contributed by atoms with E-state index in [1.165, 1.54) is 11.1 Å². The molecule has 29 heavy (non-hydrogen) atoms. The molecule has 1 atom stereocenters. The smallest absolute Gasteiger partial charge is 0.193 e. The molecule has 0 amide bonds. The molecule has 0 bridgehead atoms. The SMILES string of the molecule is CN=C(NCCCc1ccc(C(C)C)cc1)N1CCOC(c2cnn(C)c2)C1.I. The van der Waals surface area contributed by atoms with Crippen LogP contribution in [0.1, 0.15) is 49.0 Å². The van der Waals surface area contributed by atoms with Gasteiger partial charge in [-0.25, -0.2) is 0 Å². The van der Waals surface area contributed by atoms with E-state index >= 15 is 0 Å². The number of halogens is 1. The molecule has 2 heterocycles. The van der Waals surface area contributed by atoms with Crippen LogP contribution in [0.5, 0.6) is 0 Å². The standard InChI is InChI=1S/C22H33N5O.HI/c1-17(2)19-9-7-18(8-10-19)6-5-11-24-22(23-3)27-12-13-28-21(16-27)20-14-25-26(4)15-20;/h7-10,14-15,17,21H,5-6,11-13,16H2,1-4H3,(H,23,24);1H. The number of nitrogens with one attached hydrogen (secondary N) is 1. The van der Waals surface area contributed by atoms with Crippen LogP contribution in [0.25, 0.3) is 0 Å². The van der Waals surface area contributed by atoms with Gasteiger partial charge in [-0.1, -0.05) is 38.1 Å². The topological polar surface area (TPSA) is 54.7 Å². The molecule has 0 aliphatic carbocycles. The van der Waals surface area contributed by atoms with E-state index in [2.05, 4.69) is 58.4 Å². The van der Waals surface area contributed by atoms with Crippen molar-refractivity contribution in [2.75, 3.05) is 33.3 Å². The largest absolute Gasteiger partial charge is 0.370 e. The van der Waals surface area contributed by atoms with Gasteiger partial charge in [-0.15, -0.1) is 24.0 Å². The van der Waals surface area contributed by atoms with Crippen LogP contribution in [-0.4, -0.2) is 53.9 Å². The fourth-order valence-electron chi connectivity index (χ4n) is 3.54. The number of nitrogens with zero attached hydrogens (tertiary/aromatic N) is 4. The van der Waals surface area contributed by atoms with Gasteiger partial charge < -0.3 is 15.0 Å². The molecule has 0 spiro atoms. The molecule has 1 unspecified atom stereocenters. The molecule has 6 nitrogen and oxygen atoms in total. The maximum atomic E-state index is 5.93. The van der Waals surface area contributed by atoms with Gasteiger partial charge in [0.05, 0.1) is 19.3 Å². The van der Waals surface area contributed by atoms with Gasteiger partial charge in [0.25, 0.3) is 0 Å². The minimum absolute atomic E-state index is 0. The lowest BCUT2D eigenvalue weighted by Crippen LogP contribution is -2.48. The van der Waals surface area contributed by atoms with Crippen LogP contribution in [0.2, 0.25) is 0 Å². The van der Waals surface area contributed by atoms with E-state index in [1.807, 2.05) is 31.2 Å². The van der Waals surface area contributed by atoms with E-state index in [-0.39, 0.29) is 30.1 Å². The molecular weight excluding hydrogens is 477 g/mol. The summed E-state index contributed by atoms with van der Waals surface area (Å²) in [6.45, 7) is 7.72. The molecule has 1 aliphatic rings. The number of morpholine rings is 1. The van der Waals surface area contributed by atoms with Crippen molar-refractivity contribution in [3.63, 3.8) is 0 Å². The van der Waals surface area contributed by atoms with E-state index in [1.54, 1.807) is 0 Å². The predicted molar refractivity (Wildman–Crippen MR) is 129 cm³/mol. The number of aliphatic imine (C=N–C) groups is 1. The van der Waals surface area contributed by atoms with E-state index in [0.29, 0.717) is 12.5 Å². The molecule has 1 saturated heterocycles. The number of hydrogen-bond acceptors (Lipinski definition) is 3. The molecule has 3 rings (SSSR count). The second-order valence-corrected chi connectivity index (χ2v) is 7.73. The van der Waals surface area contributed by atoms with Gasteiger partial charge in [0.15, 0.2) is 5.96 Å². The first kappa shape index (κ1) is 23.7. The molecule has 7 heteroatoms. The Labute approximate surface area is 191 Å². The molecule has 1 fully saturated rings. The lowest BCUT2D eigenvalue weighted by atomic mass is 10.0. The Kier molecular flexibility index (Phi) is 9.42. The number of aromatic nitrogens is 2. The molecule has 1 N–H and O–H groups in total. The van der Waals surface area contributed by atoms with Crippen molar-refractivity contribution in [3.05, 3.63) is 53.3 Å². The summed E-state index contributed by atoms with van der Waals surface area (Å²) in [5.41, 5.74) is 3.91. The first-order chi connectivity index (χ1) is 13.6. The molecule has 1 aliphatic heterocycles. The maximum Gasteiger partial charge on any atom is 0.193 e. The Morgan fingerprint density at radius 3 is 2.69 bits per heavy atom. The third-order valence-electron chi connectivity index (χ3n) is 5.25. The van der Waals surface area contributed by atoms with Gasteiger partial charge in [-0.2, -0.15) is 5.10 Å². The molecule has 1 aromatic heterocycles. The molecule has 160 valence electrons. The maximum absolute atomic E-state index is 5.93. The Morgan fingerprint density at radius 2 is 2.07 bits per heavy atom. The highest BCUT2D eigenvalue weighted by Crippen LogP contribution is 2.21. The zero-order valence-electron chi connectivity index (χ0n) is 18.0. The monoisotopic (exact) mass is 511 g/mol. The first-order valence-corrected chi connectivity index (χ1v) is 10.2. The number of aryl methyl sites for hydroxylation is 2. The van der Waals surface area contributed by atoms with Crippen LogP contribution in [-0.2, 0) is 18.2 Å². The van der Waals surface area contributed by atoms with Crippen LogP contribution in [0.3, 0.4) is 0 Å². The minimum atomic E-state index is 0. The Balaban J connectivity index is 0.00000300. The third kappa shape index (κ3) is 6.70. The summed E-state index contributed by atoms with van der Waals surface area (Å²) in [5, 5.41) is 7.77. The predicted octanol–water partition coefficient (Wildman–Crippen LogP) is 3.74. The number of ether oxygens (including phenoxy) is 1. The van der Waals surface area contributed by atoms with Crippen LogP contribution < -0.4 is 5.32 Å². The average molecular weight is 511 g/mol. The van der Waals surface area contributed by atoms with E-state index < -0.39 is 0 Å². The van der Waals surface area contributed by atoms with Crippen molar-refractivity contribution in [2.24, 2.45) is 12.0 Å². The van der Waals surface area contributed by atoms with E-state index in [9.17, 15) is 0 Å². The molecular formula is C22H34IN5O. The zero-order valence-corrected chi connectivity index (χ0v) is 20.3. The highest BCUT2D eigenvalue weighted by molar-refractivity contribution is 14.0. The number of hydrogen-bond donors (Lipinski definition) is 1. The Bertz CT molecular complexity index is 772. The van der Waals surface area contributed by atoms with Crippen molar-refractivity contribution >= 4 is 29.9 Å². The molecule has 1 aromatic carbocycles. The summed E-state index contributed by atoms with van der Waals surface area (Å²) in [6.07, 6.45) is 6.10. The lowest BCUT2D eigenvalue weighted by molar-refractivity contribution is -0.00801. The zero-order chi connectivity index (χ0) is 19.9. The van der Waals surface area contributed by atoms with Crippen molar-refractivity contribution in [2.45, 2.75) is 38.7 Å². The number of benzene rings is 1. The summed E-state index contributed by atoms with van der Waals surface area (Å²) in [4.78, 5) is 6.75. The van der Waals surface area contributed by atoms with Gasteiger partial charge in [0, 0.05) is 38.9 Å². The van der Waals surface area contributed by atoms with E-state index in [4.69, 9.17) is 4.74 Å². The summed E-state index contributed by atoms with van der Waals surface area (Å²) < 4.78 is 7.75. The lowest BCUT2D eigenvalue weighted by Gasteiger charge is -2.34. The molecule has 2 aromatic rings. The normalized spacial score (nSPS) is 17.3. The van der Waals surface area contributed by atoms with E-state index in [0.717, 1.165) is 44.0 Å². The van der Waals surface area contributed by atoms with Crippen LogP contribution in [0.4, 0.5) is 0 Å². The van der Waals surface area contributed by atoms with Crippen LogP contribution >= 0.6 is 24.0 Å². The van der Waals surface area contributed by atoms with Gasteiger partial charge in [-0.05, 0) is 29.9 Å². The summed E-state index contributed by atoms with van der Waals surface area (Å²) in [7, 11) is 3.78. The van der Waals surface area contributed by atoms with Gasteiger partial charge in [0.1, 0.15) is 6.10 Å². The Morgan fingerprint density at radius 1 is 1.31 bits per heavy atom. The first-order valence-electron chi connectivity index (χ1n) is 10.2. The van der Waals surface area contributed by atoms with Crippen LogP contribution in [0, 0.1) is 0 Å². The highest BCUT2D eigenvalue weighted by Gasteiger charge is 2.24. The second-order valence-electron chi connectivity index (χ2n) is 7.73. The van der Waals surface area contributed by atoms with Crippen molar-refractivity contribution in [1.82, 2.24) is 20.0 Å². The van der Waals surface area contributed by atoms with Crippen molar-refractivity contribution in [1.29, 1.82) is 0 Å². The highest BCUT2D eigenvalue weighted by atomic mass is 127. The number of rotatable bonds is 6. The molecule has 0 radical (unpaired) electrons. The quantitative estimate of drug-likeness (QED) is 0.278. The molecule has 0 saturated carbocycles. The van der Waals surface area contributed by atoms with Crippen molar-refractivity contribution < 1.29 is 4.74 Å². The summed E-state index contributed by atoms with van der Waals surface area (Å²) in [5.74, 6) is 1.54. The van der Waals surface area contributed by atoms with Gasteiger partial charge in [0.2, 0.25) is 0 Å². The minimum Gasteiger partial charge on any atom is -0.370 e. The summed E-state index contributed by atoms with van der Waals surface area (Å²) in [6, 6.07) is 9.01. The van der Waals surface area contributed by atoms with Gasteiger partial charge in [-0.3, -0.25) is 9.67 Å². The average Bonchev–Trinajstić information content (AvgIpc) is 3.15.